The van der Waals surface area contributed by atoms with E-state index in [9.17, 15) is 9.59 Å². The molecule has 372 valence electrons. The number of carbonyl (C=O) groups excluding carboxylic acids is 2. The SMILES string of the molecule is COc1cc2c(cc1OC)C(Cc1cc(OC)c(OC)c(OC)c1)[N+](C)(CCCOC(=O)C#CC(=O)OCCC[N+]1(C)CCc3cc(OC)c(OC)cc3C1c1cc(OC)c(OC)c(OC)c1)CC2. The van der Waals surface area contributed by atoms with Gasteiger partial charge >= 0.3 is 11.9 Å². The zero-order valence-electron chi connectivity index (χ0n) is 42.2. The number of esters is 2. The zero-order chi connectivity index (χ0) is 49.9. The van der Waals surface area contributed by atoms with E-state index in [1.807, 2.05) is 36.4 Å². The maximum Gasteiger partial charge on any atom is 0.384 e. The minimum Gasteiger partial charge on any atom is -0.493 e. The number of quaternary nitrogens is 2. The molecule has 0 spiro atoms. The first-order chi connectivity index (χ1) is 33.3. The normalized spacial score (nSPS) is 19.0. The molecule has 16 nitrogen and oxygen atoms in total. The summed E-state index contributed by atoms with van der Waals surface area (Å²) in [7, 11) is 20.5. The van der Waals surface area contributed by atoms with Gasteiger partial charge in [-0.15, -0.1) is 0 Å². The highest BCUT2D eigenvalue weighted by Crippen LogP contribution is 2.49. The Hall–Kier alpha value is -6.70. The topological polar surface area (TPSA) is 145 Å². The van der Waals surface area contributed by atoms with Crippen molar-refractivity contribution in [2.45, 2.75) is 44.2 Å². The highest BCUT2D eigenvalue weighted by Gasteiger charge is 2.43. The van der Waals surface area contributed by atoms with Crippen LogP contribution in [-0.4, -0.2) is 145 Å². The second-order valence-corrected chi connectivity index (χ2v) is 17.5. The minimum absolute atomic E-state index is 0.00933. The summed E-state index contributed by atoms with van der Waals surface area (Å²) in [6.07, 6.45) is 3.33. The molecule has 2 aliphatic rings. The van der Waals surface area contributed by atoms with Gasteiger partial charge in [-0.25, -0.2) is 9.59 Å². The summed E-state index contributed by atoms with van der Waals surface area (Å²) < 4.78 is 69.2. The van der Waals surface area contributed by atoms with Crippen molar-refractivity contribution in [1.29, 1.82) is 0 Å². The second-order valence-electron chi connectivity index (χ2n) is 17.5. The van der Waals surface area contributed by atoms with Crippen molar-refractivity contribution in [3.8, 4) is 69.3 Å². The Morgan fingerprint density at radius 1 is 0.493 bits per heavy atom. The van der Waals surface area contributed by atoms with Crippen LogP contribution in [0.25, 0.3) is 0 Å². The van der Waals surface area contributed by atoms with Crippen molar-refractivity contribution in [2.75, 3.05) is 125 Å². The van der Waals surface area contributed by atoms with Gasteiger partial charge in [0.05, 0.1) is 125 Å². The minimum atomic E-state index is -0.802. The molecule has 0 aliphatic carbocycles. The predicted molar refractivity (Wildman–Crippen MR) is 258 cm³/mol. The largest absolute Gasteiger partial charge is 0.493 e. The number of nitrogens with zero attached hydrogens (tertiary/aromatic N) is 2. The van der Waals surface area contributed by atoms with Gasteiger partial charge < -0.3 is 65.8 Å². The van der Waals surface area contributed by atoms with E-state index in [4.69, 9.17) is 56.8 Å². The molecule has 16 heteroatoms. The molecule has 2 heterocycles. The number of fused-ring (bicyclic) bond motifs is 2. The van der Waals surface area contributed by atoms with Gasteiger partial charge in [-0.1, -0.05) is 0 Å². The van der Waals surface area contributed by atoms with Crippen LogP contribution in [0.1, 0.15) is 58.3 Å². The smallest absolute Gasteiger partial charge is 0.384 e. The standard InChI is InChI=1S/C53H68N2O14/c1-54(21-17-35-28-41(58-3)43(60-5)32-38(35)40(54)25-34-26-45(62-7)52(66-11)46(27-34)63-8)19-13-23-68-49(56)15-16-50(57)69-24-14-20-55(2)22-18-36-29-42(59-4)44(61-6)33-39(36)51(55)37-30-47(64-9)53(67-12)48(31-37)65-10/h26-33,40,51H,13-14,17-25H2,1-12H3/q+2. The van der Waals surface area contributed by atoms with Gasteiger partial charge in [-0.05, 0) is 65.2 Å². The van der Waals surface area contributed by atoms with E-state index in [-0.39, 0.29) is 25.3 Å². The fraction of sp³-hybridized carbons (Fsp3) is 0.472. The van der Waals surface area contributed by atoms with Crippen molar-refractivity contribution < 1.29 is 75.4 Å². The molecule has 4 unspecified atom stereocenters. The lowest BCUT2D eigenvalue weighted by molar-refractivity contribution is -0.941. The third-order valence-corrected chi connectivity index (χ3v) is 13.6. The van der Waals surface area contributed by atoms with E-state index in [1.54, 1.807) is 71.1 Å². The predicted octanol–water partition coefficient (Wildman–Crippen LogP) is 6.72. The van der Waals surface area contributed by atoms with Crippen molar-refractivity contribution in [1.82, 2.24) is 0 Å². The van der Waals surface area contributed by atoms with Crippen LogP contribution in [-0.2, 0) is 38.3 Å². The first-order valence-electron chi connectivity index (χ1n) is 22.9. The Labute approximate surface area is 406 Å². The van der Waals surface area contributed by atoms with Crippen LogP contribution < -0.4 is 47.4 Å². The monoisotopic (exact) mass is 956 g/mol. The molecular weight excluding hydrogens is 889 g/mol. The molecule has 0 amide bonds. The highest BCUT2D eigenvalue weighted by molar-refractivity contribution is 5.98. The summed E-state index contributed by atoms with van der Waals surface area (Å²) in [4.78, 5) is 25.6. The molecule has 0 bridgehead atoms. The zero-order valence-corrected chi connectivity index (χ0v) is 42.2. The third kappa shape index (κ3) is 11.3. The maximum absolute atomic E-state index is 12.8. The summed E-state index contributed by atoms with van der Waals surface area (Å²) in [5, 5.41) is 0. The molecule has 6 rings (SSSR count). The summed E-state index contributed by atoms with van der Waals surface area (Å²) in [5.74, 6) is 8.91. The van der Waals surface area contributed by atoms with E-state index in [0.29, 0.717) is 98.8 Å². The maximum atomic E-state index is 12.8. The molecule has 69 heavy (non-hydrogen) atoms. The third-order valence-electron chi connectivity index (χ3n) is 13.6. The molecule has 0 aromatic heterocycles. The number of hydrogen-bond acceptors (Lipinski definition) is 14. The van der Waals surface area contributed by atoms with Crippen LogP contribution in [0.3, 0.4) is 0 Å². The first kappa shape index (κ1) is 51.7. The average molecular weight is 957 g/mol. The van der Waals surface area contributed by atoms with Gasteiger partial charge in [-0.3, -0.25) is 0 Å². The molecule has 0 N–H and O–H groups in total. The molecular formula is C53H68N2O14+2. The van der Waals surface area contributed by atoms with E-state index in [1.165, 1.54) is 5.56 Å². The number of likely N-dealkylation sites (N-methyl/N-ethyl adjacent to an activating group) is 2. The van der Waals surface area contributed by atoms with Crippen LogP contribution in [0.5, 0.6) is 57.5 Å². The Morgan fingerprint density at radius 2 is 0.884 bits per heavy atom. The Balaban J connectivity index is 1.09. The van der Waals surface area contributed by atoms with Gasteiger partial charge in [0.1, 0.15) is 12.1 Å². The van der Waals surface area contributed by atoms with Gasteiger partial charge in [0, 0.05) is 60.6 Å². The summed E-state index contributed by atoms with van der Waals surface area (Å²) in [6, 6.07) is 15.9. The van der Waals surface area contributed by atoms with Crippen molar-refractivity contribution >= 4 is 11.9 Å². The lowest BCUT2D eigenvalue weighted by Gasteiger charge is -2.46. The molecule has 4 aromatic rings. The highest BCUT2D eigenvalue weighted by atomic mass is 16.6. The van der Waals surface area contributed by atoms with Crippen LogP contribution >= 0.6 is 0 Å². The molecule has 2 aliphatic heterocycles. The Kier molecular flexibility index (Phi) is 17.3. The van der Waals surface area contributed by atoms with Gasteiger partial charge in [0.2, 0.25) is 11.5 Å². The van der Waals surface area contributed by atoms with Crippen LogP contribution in [0.2, 0.25) is 0 Å². The summed E-state index contributed by atoms with van der Waals surface area (Å²) >= 11 is 0. The van der Waals surface area contributed by atoms with Crippen LogP contribution in [0, 0.1) is 11.8 Å². The van der Waals surface area contributed by atoms with Gasteiger partial charge in [-0.2, -0.15) is 0 Å². The quantitative estimate of drug-likeness (QED) is 0.0287. The molecule has 0 radical (unpaired) electrons. The van der Waals surface area contributed by atoms with Crippen molar-refractivity contribution in [3.63, 3.8) is 0 Å². The van der Waals surface area contributed by atoms with Crippen LogP contribution in [0.4, 0.5) is 0 Å². The number of carbonyl (C=O) groups is 2. The van der Waals surface area contributed by atoms with Crippen molar-refractivity contribution in [3.05, 3.63) is 81.9 Å². The van der Waals surface area contributed by atoms with Gasteiger partial charge in [0.25, 0.3) is 0 Å². The fourth-order valence-electron chi connectivity index (χ4n) is 10.0. The van der Waals surface area contributed by atoms with E-state index < -0.39 is 11.9 Å². The van der Waals surface area contributed by atoms with E-state index >= 15 is 0 Å². The summed E-state index contributed by atoms with van der Waals surface area (Å²) in [6.45, 7) is 3.18. The Morgan fingerprint density at radius 3 is 1.33 bits per heavy atom. The molecule has 4 aromatic carbocycles. The lowest BCUT2D eigenvalue weighted by atomic mass is 9.85. The molecule has 0 saturated heterocycles. The van der Waals surface area contributed by atoms with Crippen LogP contribution in [0.15, 0.2) is 48.5 Å². The molecule has 4 atom stereocenters. The van der Waals surface area contributed by atoms with Gasteiger partial charge in [0.15, 0.2) is 46.0 Å². The number of ether oxygens (including phenoxy) is 12. The second kappa shape index (κ2) is 23.1. The number of rotatable bonds is 21. The van der Waals surface area contributed by atoms with Crippen molar-refractivity contribution in [2.24, 2.45) is 0 Å². The molecule has 0 fully saturated rings. The first-order valence-corrected chi connectivity index (χ1v) is 22.9. The lowest BCUT2D eigenvalue weighted by Crippen LogP contribution is -2.52. The average Bonchev–Trinajstić information content (AvgIpc) is 3.37. The number of benzene rings is 4. The fourth-order valence-corrected chi connectivity index (χ4v) is 10.0. The van der Waals surface area contributed by atoms with E-state index in [0.717, 1.165) is 53.7 Å². The van der Waals surface area contributed by atoms with E-state index in [2.05, 4.69) is 38.1 Å². The number of methoxy groups -OCH3 is 10. The number of hydrogen-bond donors (Lipinski definition) is 0. The summed E-state index contributed by atoms with van der Waals surface area (Å²) in [5.41, 5.74) is 6.51. The Bertz CT molecular complexity index is 2480. The molecule has 0 saturated carbocycles.